The summed E-state index contributed by atoms with van der Waals surface area (Å²) in [4.78, 5) is 17.7. The zero-order chi connectivity index (χ0) is 20.8. The molecule has 0 radical (unpaired) electrons. The number of benzene rings is 2. The summed E-state index contributed by atoms with van der Waals surface area (Å²) >= 11 is 5.93. The predicted molar refractivity (Wildman–Crippen MR) is 121 cm³/mol. The Labute approximate surface area is 181 Å². The van der Waals surface area contributed by atoms with Crippen LogP contribution in [0, 0.1) is 0 Å². The molecule has 3 aromatic rings. The molecule has 2 heterocycles. The fourth-order valence-corrected chi connectivity index (χ4v) is 3.38. The maximum Gasteiger partial charge on any atom is 0.232 e. The highest BCUT2D eigenvalue weighted by molar-refractivity contribution is 6.30. The van der Waals surface area contributed by atoms with Gasteiger partial charge in [-0.25, -0.2) is 0 Å². The molecule has 3 N–H and O–H groups in total. The number of piperazine rings is 1. The van der Waals surface area contributed by atoms with E-state index in [1.165, 1.54) is 5.56 Å². The zero-order valence-corrected chi connectivity index (χ0v) is 17.3. The van der Waals surface area contributed by atoms with Crippen molar-refractivity contribution in [3.8, 4) is 0 Å². The van der Waals surface area contributed by atoms with Crippen LogP contribution in [0.25, 0.3) is 6.08 Å². The van der Waals surface area contributed by atoms with E-state index in [1.807, 2.05) is 30.3 Å². The standard InChI is InChI=1S/C22H24ClN7/c23-18-6-8-19(9-7-18)25-22-27-20(26-21(24)28-22)16-30-14-12-29(13-15-30)11-10-17-4-2-1-3-5-17/h1-11H,12-16H2,(H3,24,25,26,27,28). The van der Waals surface area contributed by atoms with E-state index in [9.17, 15) is 0 Å². The van der Waals surface area contributed by atoms with Crippen molar-refractivity contribution in [1.29, 1.82) is 0 Å². The Morgan fingerprint density at radius 1 is 0.933 bits per heavy atom. The van der Waals surface area contributed by atoms with Gasteiger partial charge in [0.2, 0.25) is 11.9 Å². The first kappa shape index (κ1) is 20.1. The Kier molecular flexibility index (Phi) is 6.41. The second kappa shape index (κ2) is 9.56. The summed E-state index contributed by atoms with van der Waals surface area (Å²) < 4.78 is 0. The summed E-state index contributed by atoms with van der Waals surface area (Å²) in [6.45, 7) is 4.42. The number of hydrogen-bond acceptors (Lipinski definition) is 7. The maximum atomic E-state index is 5.93. The second-order valence-electron chi connectivity index (χ2n) is 7.10. The van der Waals surface area contributed by atoms with E-state index >= 15 is 0 Å². The molecular formula is C22H24ClN7. The van der Waals surface area contributed by atoms with Crippen LogP contribution in [0.15, 0.2) is 60.8 Å². The third-order valence-corrected chi connectivity index (χ3v) is 5.10. The van der Waals surface area contributed by atoms with Gasteiger partial charge in [-0.2, -0.15) is 15.0 Å². The largest absolute Gasteiger partial charge is 0.375 e. The average molecular weight is 422 g/mol. The van der Waals surface area contributed by atoms with Crippen LogP contribution in [0.3, 0.4) is 0 Å². The van der Waals surface area contributed by atoms with Gasteiger partial charge in [-0.1, -0.05) is 41.9 Å². The number of hydrogen-bond donors (Lipinski definition) is 2. The minimum atomic E-state index is 0.209. The Hall–Kier alpha value is -3.16. The molecule has 4 rings (SSSR count). The summed E-state index contributed by atoms with van der Waals surface area (Å²) in [5, 5.41) is 3.83. The van der Waals surface area contributed by atoms with Crippen molar-refractivity contribution in [2.45, 2.75) is 6.54 Å². The molecule has 7 nitrogen and oxygen atoms in total. The van der Waals surface area contributed by atoms with Crippen molar-refractivity contribution in [2.24, 2.45) is 0 Å². The van der Waals surface area contributed by atoms with Gasteiger partial charge in [-0.05, 0) is 42.1 Å². The molecule has 0 saturated carbocycles. The third-order valence-electron chi connectivity index (χ3n) is 4.85. The lowest BCUT2D eigenvalue weighted by Gasteiger charge is -2.33. The first-order chi connectivity index (χ1) is 14.6. The summed E-state index contributed by atoms with van der Waals surface area (Å²) in [6.07, 6.45) is 4.32. The van der Waals surface area contributed by atoms with E-state index in [0.717, 1.165) is 31.9 Å². The Morgan fingerprint density at radius 2 is 1.67 bits per heavy atom. The monoisotopic (exact) mass is 421 g/mol. The second-order valence-corrected chi connectivity index (χ2v) is 7.54. The summed E-state index contributed by atoms with van der Waals surface area (Å²) in [7, 11) is 0. The fraction of sp³-hybridized carbons (Fsp3) is 0.227. The minimum Gasteiger partial charge on any atom is -0.375 e. The number of aromatic nitrogens is 3. The molecular weight excluding hydrogens is 398 g/mol. The van der Waals surface area contributed by atoms with Gasteiger partial charge >= 0.3 is 0 Å². The average Bonchev–Trinajstić information content (AvgIpc) is 2.75. The van der Waals surface area contributed by atoms with Crippen LogP contribution in [-0.2, 0) is 6.54 Å². The van der Waals surface area contributed by atoms with Gasteiger partial charge in [-0.3, -0.25) is 4.90 Å². The molecule has 0 atom stereocenters. The van der Waals surface area contributed by atoms with Crippen LogP contribution in [0.4, 0.5) is 17.6 Å². The van der Waals surface area contributed by atoms with E-state index in [2.05, 4.69) is 54.5 Å². The molecule has 0 amide bonds. The molecule has 1 fully saturated rings. The van der Waals surface area contributed by atoms with Crippen molar-refractivity contribution in [1.82, 2.24) is 24.8 Å². The first-order valence-corrected chi connectivity index (χ1v) is 10.2. The Balaban J connectivity index is 1.33. The molecule has 1 aliphatic heterocycles. The third kappa shape index (κ3) is 5.68. The first-order valence-electron chi connectivity index (χ1n) is 9.87. The van der Waals surface area contributed by atoms with Crippen LogP contribution in [0.1, 0.15) is 11.4 Å². The van der Waals surface area contributed by atoms with E-state index in [1.54, 1.807) is 12.1 Å². The quantitative estimate of drug-likeness (QED) is 0.628. The maximum absolute atomic E-state index is 5.93. The van der Waals surface area contributed by atoms with E-state index < -0.39 is 0 Å². The van der Waals surface area contributed by atoms with Gasteiger partial charge in [-0.15, -0.1) is 0 Å². The highest BCUT2D eigenvalue weighted by atomic mass is 35.5. The van der Waals surface area contributed by atoms with Crippen molar-refractivity contribution in [3.63, 3.8) is 0 Å². The van der Waals surface area contributed by atoms with Gasteiger partial charge < -0.3 is 16.0 Å². The normalized spacial score (nSPS) is 14.9. The number of nitrogens with two attached hydrogens (primary N) is 1. The molecule has 1 aromatic heterocycles. The number of nitrogens with zero attached hydrogens (tertiary/aromatic N) is 5. The topological polar surface area (TPSA) is 83.2 Å². The number of anilines is 3. The van der Waals surface area contributed by atoms with Crippen molar-refractivity contribution in [3.05, 3.63) is 77.2 Å². The lowest BCUT2D eigenvalue weighted by molar-refractivity contribution is 0.160. The Bertz CT molecular complexity index is 984. The smallest absolute Gasteiger partial charge is 0.232 e. The van der Waals surface area contributed by atoms with E-state index in [4.69, 9.17) is 17.3 Å². The highest BCUT2D eigenvalue weighted by Gasteiger charge is 2.16. The zero-order valence-electron chi connectivity index (χ0n) is 16.6. The number of nitrogens with one attached hydrogen (secondary N) is 1. The predicted octanol–water partition coefficient (Wildman–Crippen LogP) is 3.64. The molecule has 2 aromatic carbocycles. The number of nitrogen functional groups attached to an aromatic ring is 1. The van der Waals surface area contributed by atoms with Gasteiger partial charge in [0.1, 0.15) is 5.82 Å². The molecule has 0 unspecified atom stereocenters. The van der Waals surface area contributed by atoms with Crippen LogP contribution in [0.5, 0.6) is 0 Å². The number of rotatable bonds is 6. The lowest BCUT2D eigenvalue weighted by atomic mass is 10.2. The summed E-state index contributed by atoms with van der Waals surface area (Å²) in [5.74, 6) is 1.30. The van der Waals surface area contributed by atoms with Crippen molar-refractivity contribution < 1.29 is 0 Å². The minimum absolute atomic E-state index is 0.209. The molecule has 0 aliphatic carbocycles. The van der Waals surface area contributed by atoms with Gasteiger partial charge in [0, 0.05) is 36.9 Å². The van der Waals surface area contributed by atoms with Crippen molar-refractivity contribution in [2.75, 3.05) is 37.2 Å². The summed E-state index contributed by atoms with van der Waals surface area (Å²) in [6, 6.07) is 17.7. The molecule has 30 heavy (non-hydrogen) atoms. The van der Waals surface area contributed by atoms with Crippen LogP contribution >= 0.6 is 11.6 Å². The van der Waals surface area contributed by atoms with Crippen molar-refractivity contribution >= 4 is 35.3 Å². The van der Waals surface area contributed by atoms with Gasteiger partial charge in [0.25, 0.3) is 0 Å². The summed E-state index contributed by atoms with van der Waals surface area (Å²) in [5.41, 5.74) is 7.95. The van der Waals surface area contributed by atoms with E-state index in [-0.39, 0.29) is 5.95 Å². The van der Waals surface area contributed by atoms with Crippen LogP contribution in [0.2, 0.25) is 5.02 Å². The van der Waals surface area contributed by atoms with Crippen LogP contribution < -0.4 is 11.1 Å². The molecule has 1 aliphatic rings. The molecule has 8 heteroatoms. The fourth-order valence-electron chi connectivity index (χ4n) is 3.25. The molecule has 0 spiro atoms. The number of halogens is 1. The molecule has 0 bridgehead atoms. The molecule has 154 valence electrons. The SMILES string of the molecule is Nc1nc(CN2CCN(C=Cc3ccccc3)CC2)nc(Nc2ccc(Cl)cc2)n1. The lowest BCUT2D eigenvalue weighted by Crippen LogP contribution is -2.43. The van der Waals surface area contributed by atoms with E-state index in [0.29, 0.717) is 23.3 Å². The van der Waals surface area contributed by atoms with Crippen LogP contribution in [-0.4, -0.2) is 50.9 Å². The van der Waals surface area contributed by atoms with Gasteiger partial charge in [0.05, 0.1) is 6.54 Å². The van der Waals surface area contributed by atoms with Gasteiger partial charge in [0.15, 0.2) is 0 Å². The highest BCUT2D eigenvalue weighted by Crippen LogP contribution is 2.17. The molecule has 1 saturated heterocycles. The Morgan fingerprint density at radius 3 is 2.40 bits per heavy atom.